The van der Waals surface area contributed by atoms with E-state index in [1.807, 2.05) is 0 Å². The lowest BCUT2D eigenvalue weighted by molar-refractivity contribution is -0.305. The Balaban J connectivity index is -0.000000204. The fourth-order valence-corrected chi connectivity index (χ4v) is 1.58. The Morgan fingerprint density at radius 1 is 0.944 bits per heavy atom. The van der Waals surface area contributed by atoms with E-state index in [2.05, 4.69) is 6.92 Å². The number of unbranched alkanes of at least 4 members (excludes halogenated alkanes) is 8. The number of hydrogen-bond donors (Lipinski definition) is 2. The first-order valence-electron chi connectivity index (χ1n) is 6.99. The molecule has 0 rings (SSSR count). The molecule has 0 spiro atoms. The monoisotopic (exact) mass is 265 g/mol. The van der Waals surface area contributed by atoms with E-state index in [4.69, 9.17) is 5.11 Å². The zero-order valence-corrected chi connectivity index (χ0v) is 12.5. The highest BCUT2D eigenvalue weighted by Crippen LogP contribution is 2.09. The van der Waals surface area contributed by atoms with Gasteiger partial charge in [0.15, 0.2) is 0 Å². The van der Waals surface area contributed by atoms with Crippen LogP contribution in [0.3, 0.4) is 0 Å². The van der Waals surface area contributed by atoms with Gasteiger partial charge in [-0.15, -0.1) is 0 Å². The zero-order valence-electron chi connectivity index (χ0n) is 12.5. The van der Waals surface area contributed by atoms with Crippen molar-refractivity contribution >= 4 is 5.97 Å². The number of carboxylic acid groups (broad SMARTS) is 1. The first kappa shape index (κ1) is 22.6. The van der Waals surface area contributed by atoms with Crippen molar-refractivity contribution in [1.82, 2.24) is 6.15 Å². The van der Waals surface area contributed by atoms with Crippen LogP contribution in [0, 0.1) is 0 Å². The summed E-state index contributed by atoms with van der Waals surface area (Å²) < 4.78 is 0. The summed E-state index contributed by atoms with van der Waals surface area (Å²) in [5.41, 5.74) is 0. The van der Waals surface area contributed by atoms with Crippen LogP contribution in [-0.4, -0.2) is 17.7 Å². The van der Waals surface area contributed by atoms with Gasteiger partial charge in [0.05, 0.1) is 0 Å². The minimum absolute atomic E-state index is 0. The average molecular weight is 265 g/mol. The molecule has 4 heteroatoms. The largest absolute Gasteiger partial charge is 0.550 e. The lowest BCUT2D eigenvalue weighted by atomic mass is 10.1. The van der Waals surface area contributed by atoms with E-state index in [9.17, 15) is 9.90 Å². The number of aliphatic hydroxyl groups excluding tert-OH is 1. The van der Waals surface area contributed by atoms with Crippen molar-refractivity contribution in [3.8, 4) is 0 Å². The van der Waals surface area contributed by atoms with E-state index in [0.717, 1.165) is 12.8 Å². The minimum atomic E-state index is -0.909. The number of aliphatic carboxylic acids is 1. The predicted octanol–water partition coefficient (Wildman–Crippen LogP) is 3.28. The Hall–Kier alpha value is -0.610. The summed E-state index contributed by atoms with van der Waals surface area (Å²) in [6.45, 7) is 4.15. The Morgan fingerprint density at radius 3 is 1.61 bits per heavy atom. The van der Waals surface area contributed by atoms with Crippen molar-refractivity contribution in [2.24, 2.45) is 0 Å². The first-order valence-corrected chi connectivity index (χ1v) is 6.99. The van der Waals surface area contributed by atoms with Gasteiger partial charge in [0.1, 0.15) is 0 Å². The maximum atomic E-state index is 10.1. The van der Waals surface area contributed by atoms with Crippen LogP contribution >= 0.6 is 0 Å². The normalized spacial score (nSPS) is 9.06. The number of quaternary nitrogens is 1. The van der Waals surface area contributed by atoms with E-state index in [0.29, 0.717) is 0 Å². The molecule has 0 amide bonds. The van der Waals surface area contributed by atoms with Gasteiger partial charge < -0.3 is 21.2 Å². The predicted molar refractivity (Wildman–Crippen MR) is 77.7 cm³/mol. The zero-order chi connectivity index (χ0) is 13.4. The van der Waals surface area contributed by atoms with Gasteiger partial charge in [-0.05, 0) is 19.8 Å². The summed E-state index contributed by atoms with van der Waals surface area (Å²) in [6, 6.07) is 0. The van der Waals surface area contributed by atoms with Gasteiger partial charge in [-0.1, -0.05) is 58.3 Å². The molecule has 5 N–H and O–H groups in total. The highest BCUT2D eigenvalue weighted by Gasteiger charge is 1.92. The van der Waals surface area contributed by atoms with Gasteiger partial charge >= 0.3 is 0 Å². The molecule has 114 valence electrons. The molecule has 0 radical (unpaired) electrons. The molecule has 0 saturated heterocycles. The second-order valence-corrected chi connectivity index (χ2v) is 4.27. The lowest BCUT2D eigenvalue weighted by Gasteiger charge is -2.02. The number of carbonyl (C=O) groups is 1. The van der Waals surface area contributed by atoms with E-state index >= 15 is 0 Å². The van der Waals surface area contributed by atoms with Crippen molar-refractivity contribution in [3.63, 3.8) is 0 Å². The number of hydrogen-bond acceptors (Lipinski definition) is 3. The van der Waals surface area contributed by atoms with Crippen LogP contribution in [0.15, 0.2) is 0 Å². The van der Waals surface area contributed by atoms with Crippen LogP contribution < -0.4 is 11.3 Å². The smallest absolute Gasteiger partial charge is 0.0414 e. The Kier molecular flexibility index (Phi) is 27.1. The molecule has 0 aromatic heterocycles. The van der Waals surface area contributed by atoms with Gasteiger partial charge in [-0.25, -0.2) is 0 Å². The van der Waals surface area contributed by atoms with Crippen molar-refractivity contribution < 1.29 is 16.4 Å². The quantitative estimate of drug-likeness (QED) is 0.593. The fraction of sp³-hybridized carbons (Fsp3) is 0.929. The number of carboxylic acids is 1. The molecule has 4 nitrogen and oxygen atoms in total. The summed E-state index contributed by atoms with van der Waals surface area (Å²) in [5.74, 6) is -0.909. The third-order valence-electron chi connectivity index (χ3n) is 2.48. The topological polar surface area (TPSA) is 96.9 Å². The molecule has 0 heterocycles. The molecule has 0 fully saturated rings. The summed E-state index contributed by atoms with van der Waals surface area (Å²) in [5, 5.41) is 17.7. The summed E-state index contributed by atoms with van der Waals surface area (Å²) in [4.78, 5) is 10.1. The Bertz CT molecular complexity index is 158. The number of aliphatic hydroxyl groups is 1. The van der Waals surface area contributed by atoms with Crippen LogP contribution in [0.5, 0.6) is 0 Å². The molecule has 18 heavy (non-hydrogen) atoms. The number of carbonyl (C=O) groups excluding carboxylic acids is 1. The van der Waals surface area contributed by atoms with Crippen LogP contribution in [-0.2, 0) is 4.79 Å². The second-order valence-electron chi connectivity index (χ2n) is 4.27. The lowest BCUT2D eigenvalue weighted by Crippen LogP contribution is -2.21. The van der Waals surface area contributed by atoms with Crippen LogP contribution in [0.25, 0.3) is 0 Å². The van der Waals surface area contributed by atoms with Crippen molar-refractivity contribution in [1.29, 1.82) is 0 Å². The van der Waals surface area contributed by atoms with E-state index in [1.54, 1.807) is 6.92 Å². The Labute approximate surface area is 114 Å². The van der Waals surface area contributed by atoms with Crippen LogP contribution in [0.1, 0.15) is 79.5 Å². The second kappa shape index (κ2) is 21.7. The molecule has 0 aliphatic carbocycles. The maximum Gasteiger partial charge on any atom is 0.0414 e. The van der Waals surface area contributed by atoms with E-state index in [-0.39, 0.29) is 20.6 Å². The molecule has 0 bridgehead atoms. The summed E-state index contributed by atoms with van der Waals surface area (Å²) in [7, 11) is 0. The van der Waals surface area contributed by atoms with Crippen LogP contribution in [0.2, 0.25) is 0 Å². The molecular weight excluding hydrogens is 230 g/mol. The van der Waals surface area contributed by atoms with Crippen LogP contribution in [0.4, 0.5) is 0 Å². The first-order chi connectivity index (χ1) is 8.18. The van der Waals surface area contributed by atoms with Gasteiger partial charge in [0.25, 0.3) is 0 Å². The third kappa shape index (κ3) is 29.5. The minimum Gasteiger partial charge on any atom is -0.550 e. The third-order valence-corrected chi connectivity index (χ3v) is 2.48. The van der Waals surface area contributed by atoms with Gasteiger partial charge in [-0.3, -0.25) is 0 Å². The van der Waals surface area contributed by atoms with E-state index in [1.165, 1.54) is 44.9 Å². The highest BCUT2D eigenvalue weighted by molar-refractivity contribution is 5.63. The summed E-state index contributed by atoms with van der Waals surface area (Å²) in [6.07, 6.45) is 11.2. The van der Waals surface area contributed by atoms with Crippen molar-refractivity contribution in [2.45, 2.75) is 78.1 Å². The molecule has 0 aromatic rings. The van der Waals surface area contributed by atoms with Gasteiger partial charge in [0.2, 0.25) is 0 Å². The van der Waals surface area contributed by atoms with Gasteiger partial charge in [-0.2, -0.15) is 0 Å². The molecule has 0 aromatic carbocycles. The summed E-state index contributed by atoms with van der Waals surface area (Å²) >= 11 is 0. The maximum absolute atomic E-state index is 10.1. The van der Waals surface area contributed by atoms with Crippen molar-refractivity contribution in [2.75, 3.05) is 6.61 Å². The molecule has 0 atom stereocenters. The fourth-order valence-electron chi connectivity index (χ4n) is 1.58. The number of rotatable bonds is 10. The van der Waals surface area contributed by atoms with Crippen molar-refractivity contribution in [3.05, 3.63) is 0 Å². The molecule has 0 aliphatic heterocycles. The molecule has 0 unspecified atom stereocenters. The van der Waals surface area contributed by atoms with E-state index < -0.39 is 5.97 Å². The SMILES string of the molecule is CCCCCCCCCCCC(=O)[O-].CCO.[HH].[NH4+]. The standard InChI is InChI=1S/C12H24O2.C2H6O.H3N.H2/c1-2-3-4-5-6-7-8-9-10-11-12(13)14;1-2-3;;/h2-11H2,1H3,(H,13,14);3H,2H2,1H3;1H3;1H. The van der Waals surface area contributed by atoms with Gasteiger partial charge in [0, 0.05) is 14.0 Å². The Morgan fingerprint density at radius 2 is 1.28 bits per heavy atom. The average Bonchev–Trinajstić information content (AvgIpc) is 2.27. The highest BCUT2D eigenvalue weighted by atomic mass is 16.4. The molecular formula is C14H35NO3. The molecule has 0 aliphatic rings. The molecule has 0 saturated carbocycles.